The topological polar surface area (TPSA) is 69.6 Å². The zero-order valence-electron chi connectivity index (χ0n) is 28.8. The molecule has 0 amide bonds. The summed E-state index contributed by atoms with van der Waals surface area (Å²) in [5, 5.41) is 3.64. The van der Waals surface area contributed by atoms with Gasteiger partial charge in [-0.1, -0.05) is 83.6 Å². The number of nitrogens with zero attached hydrogens (tertiary/aromatic N) is 6. The van der Waals surface area contributed by atoms with Crippen LogP contribution in [0.4, 0.5) is 0 Å². The zero-order valence-corrected chi connectivity index (χ0v) is 31.1. The number of pyridine rings is 4. The van der Waals surface area contributed by atoms with Gasteiger partial charge in [0.1, 0.15) is 0 Å². The second-order valence-electron chi connectivity index (χ2n) is 13.2. The van der Waals surface area contributed by atoms with Crippen molar-refractivity contribution in [1.29, 1.82) is 0 Å². The molecule has 0 fully saturated rings. The van der Waals surface area contributed by atoms with Gasteiger partial charge < -0.3 is 23.5 Å². The van der Waals surface area contributed by atoms with E-state index in [9.17, 15) is 0 Å². The Morgan fingerprint density at radius 3 is 1.35 bits per heavy atom. The Balaban J connectivity index is 0.00000360. The molecule has 10 aromatic rings. The fourth-order valence-electron chi connectivity index (χ4n) is 7.97. The van der Waals surface area contributed by atoms with Gasteiger partial charge >= 0.3 is 21.1 Å². The summed E-state index contributed by atoms with van der Waals surface area (Å²) >= 11 is 0. The van der Waals surface area contributed by atoms with E-state index in [1.807, 2.05) is 24.8 Å². The van der Waals surface area contributed by atoms with E-state index < -0.39 is 0 Å². The monoisotopic (exact) mass is 853 g/mol. The van der Waals surface area contributed by atoms with Gasteiger partial charge in [-0.3, -0.25) is 9.97 Å². The SMILES string of the molecule is Cc1cccc(C)c1-c1cccc2c1c1ncc(Oc3[c-]c4c(nc3)c3c(-c5c(C)cccc5C)cccc3n3ccnc43)[c-]c1c1nccn21.[Pt+2]. The van der Waals surface area contributed by atoms with Crippen molar-refractivity contribution in [3.05, 3.63) is 144 Å². The van der Waals surface area contributed by atoms with Crippen LogP contribution < -0.4 is 4.74 Å². The van der Waals surface area contributed by atoms with Crippen molar-refractivity contribution in [3.8, 4) is 33.8 Å². The first-order valence-corrected chi connectivity index (χ1v) is 17.0. The van der Waals surface area contributed by atoms with Crippen LogP contribution in [0, 0.1) is 39.8 Å². The molecule has 0 radical (unpaired) electrons. The van der Waals surface area contributed by atoms with Crippen molar-refractivity contribution in [2.24, 2.45) is 0 Å². The van der Waals surface area contributed by atoms with Gasteiger partial charge in [0.25, 0.3) is 0 Å². The molecule has 0 atom stereocenters. The second kappa shape index (κ2) is 12.1. The average molecular weight is 854 g/mol. The maximum Gasteiger partial charge on any atom is 2.00 e. The molecule has 0 bridgehead atoms. The fourth-order valence-corrected chi connectivity index (χ4v) is 7.97. The summed E-state index contributed by atoms with van der Waals surface area (Å²) < 4.78 is 10.7. The Bertz CT molecular complexity index is 2820. The third kappa shape index (κ3) is 4.69. The number of benzene rings is 4. The summed E-state index contributed by atoms with van der Waals surface area (Å²) in [4.78, 5) is 19.5. The van der Waals surface area contributed by atoms with E-state index >= 15 is 0 Å². The number of hydrogen-bond acceptors (Lipinski definition) is 5. The van der Waals surface area contributed by atoms with Crippen LogP contribution in [0.2, 0.25) is 0 Å². The van der Waals surface area contributed by atoms with E-state index in [1.54, 1.807) is 12.4 Å². The summed E-state index contributed by atoms with van der Waals surface area (Å²) in [6.07, 6.45) is 11.1. The smallest absolute Gasteiger partial charge is 0.493 e. The minimum atomic E-state index is 0. The van der Waals surface area contributed by atoms with Gasteiger partial charge in [0, 0.05) is 35.8 Å². The van der Waals surface area contributed by atoms with E-state index in [0.717, 1.165) is 66.0 Å². The molecule has 7 nitrogen and oxygen atoms in total. The summed E-state index contributed by atoms with van der Waals surface area (Å²) in [5.41, 5.74) is 14.8. The van der Waals surface area contributed by atoms with Gasteiger partial charge in [0.05, 0.1) is 22.8 Å². The first-order valence-electron chi connectivity index (χ1n) is 17.0. The third-order valence-electron chi connectivity index (χ3n) is 10.1. The average Bonchev–Trinajstić information content (AvgIpc) is 3.83. The molecule has 6 aromatic heterocycles. The molecule has 4 aromatic carbocycles. The van der Waals surface area contributed by atoms with Gasteiger partial charge in [-0.05, 0) is 119 Å². The third-order valence-corrected chi connectivity index (χ3v) is 10.1. The molecule has 0 saturated heterocycles. The van der Waals surface area contributed by atoms with Crippen LogP contribution in [0.25, 0.3) is 77.2 Å². The van der Waals surface area contributed by atoms with E-state index in [2.05, 4.69) is 121 Å². The van der Waals surface area contributed by atoms with E-state index in [4.69, 9.17) is 24.7 Å². The summed E-state index contributed by atoms with van der Waals surface area (Å²) in [6, 6.07) is 32.7. The first-order chi connectivity index (χ1) is 25.0. The molecule has 8 heteroatoms. The molecule has 0 unspecified atom stereocenters. The van der Waals surface area contributed by atoms with E-state index in [1.165, 1.54) is 33.4 Å². The minimum absolute atomic E-state index is 0. The van der Waals surface area contributed by atoms with Crippen molar-refractivity contribution < 1.29 is 25.8 Å². The Kier molecular flexibility index (Phi) is 7.46. The summed E-state index contributed by atoms with van der Waals surface area (Å²) in [6.45, 7) is 8.62. The largest absolute Gasteiger partial charge is 2.00 e. The predicted octanol–water partition coefficient (Wildman–Crippen LogP) is 10.3. The number of rotatable bonds is 4. The molecule has 0 saturated carbocycles. The second-order valence-corrected chi connectivity index (χ2v) is 13.2. The number of ether oxygens (including phenoxy) is 1. The maximum atomic E-state index is 6.47. The van der Waals surface area contributed by atoms with Crippen LogP contribution in [0.5, 0.6) is 11.5 Å². The molecule has 52 heavy (non-hydrogen) atoms. The first kappa shape index (κ1) is 32.0. The number of fused-ring (bicyclic) bond motifs is 12. The maximum absolute atomic E-state index is 6.47. The predicted molar refractivity (Wildman–Crippen MR) is 204 cm³/mol. The van der Waals surface area contributed by atoms with Crippen molar-refractivity contribution in [2.75, 3.05) is 0 Å². The van der Waals surface area contributed by atoms with Crippen molar-refractivity contribution in [1.82, 2.24) is 28.7 Å². The van der Waals surface area contributed by atoms with E-state index in [-0.39, 0.29) is 21.1 Å². The summed E-state index contributed by atoms with van der Waals surface area (Å²) in [5.74, 6) is 0.898. The normalized spacial score (nSPS) is 11.7. The molecular formula is C44H30N6OPt. The molecule has 10 rings (SSSR count). The number of aryl methyl sites for hydroxylation is 4. The standard InChI is InChI=1S/C44H30N6O.Pt/c1-25-9-5-10-26(2)37(25)31-13-7-15-35-39(31)41-33(43-45-17-19-49(35)43)21-29(23-47-41)51-30-22-34-42(48-24-30)40-32(38-27(3)11-6-12-28(38)4)14-8-16-36(40)50-20-18-46-44(34)50;/h5-20,23-24H,1-4H3;/q-2;+2. The van der Waals surface area contributed by atoms with Crippen LogP contribution in [0.3, 0.4) is 0 Å². The molecule has 0 aliphatic carbocycles. The molecule has 0 N–H and O–H groups in total. The molecular weight excluding hydrogens is 824 g/mol. The van der Waals surface area contributed by atoms with Crippen LogP contribution in [-0.2, 0) is 21.1 Å². The molecule has 252 valence electrons. The van der Waals surface area contributed by atoms with Crippen molar-refractivity contribution >= 4 is 54.9 Å². The molecule has 0 aliphatic rings. The Morgan fingerprint density at radius 1 is 0.519 bits per heavy atom. The van der Waals surface area contributed by atoms with Gasteiger partial charge in [-0.15, -0.1) is 0 Å². The molecule has 6 heterocycles. The number of imidazole rings is 2. The van der Waals surface area contributed by atoms with Gasteiger partial charge in [-0.2, -0.15) is 0 Å². The van der Waals surface area contributed by atoms with Crippen LogP contribution >= 0.6 is 0 Å². The van der Waals surface area contributed by atoms with Gasteiger partial charge in [0.15, 0.2) is 0 Å². The van der Waals surface area contributed by atoms with Crippen LogP contribution in [-0.4, -0.2) is 28.7 Å². The Hall–Kier alpha value is -5.91. The van der Waals surface area contributed by atoms with Crippen LogP contribution in [0.1, 0.15) is 22.3 Å². The minimum Gasteiger partial charge on any atom is -0.493 e. The molecule has 0 spiro atoms. The van der Waals surface area contributed by atoms with Crippen molar-refractivity contribution in [2.45, 2.75) is 27.7 Å². The Morgan fingerprint density at radius 2 is 0.923 bits per heavy atom. The van der Waals surface area contributed by atoms with E-state index in [0.29, 0.717) is 11.5 Å². The number of aromatic nitrogens is 6. The Labute approximate surface area is 313 Å². The quantitative estimate of drug-likeness (QED) is 0.130. The zero-order chi connectivity index (χ0) is 34.4. The van der Waals surface area contributed by atoms with Crippen LogP contribution in [0.15, 0.2) is 110 Å². The fraction of sp³-hybridized carbons (Fsp3) is 0.0909. The van der Waals surface area contributed by atoms with Crippen molar-refractivity contribution in [3.63, 3.8) is 0 Å². The molecule has 0 aliphatic heterocycles. The van der Waals surface area contributed by atoms with Gasteiger partial charge in [-0.25, -0.2) is 0 Å². The number of hydrogen-bond donors (Lipinski definition) is 0. The van der Waals surface area contributed by atoms with Gasteiger partial charge in [0.2, 0.25) is 0 Å². The summed E-state index contributed by atoms with van der Waals surface area (Å²) in [7, 11) is 0.